The summed E-state index contributed by atoms with van der Waals surface area (Å²) in [4.78, 5) is 15.9. The van der Waals surface area contributed by atoms with Gasteiger partial charge in [-0.05, 0) is 32.8 Å². The van der Waals surface area contributed by atoms with E-state index in [1.165, 1.54) is 18.3 Å². The maximum atomic E-state index is 10.5. The van der Waals surface area contributed by atoms with Crippen LogP contribution in [0.2, 0.25) is 6.82 Å². The SMILES string of the molecule is CB(O)N1CCC(Oc2ccc([N+](=O)[O-])cn2)CC1. The lowest BCUT2D eigenvalue weighted by Crippen LogP contribution is -2.45. The normalized spacial score (nSPS) is 17.2. The summed E-state index contributed by atoms with van der Waals surface area (Å²) >= 11 is 0. The molecule has 2 heterocycles. The van der Waals surface area contributed by atoms with Crippen molar-refractivity contribution in [3.05, 3.63) is 28.4 Å². The first-order valence-corrected chi connectivity index (χ1v) is 6.25. The molecule has 1 fully saturated rings. The first kappa shape index (κ1) is 13.8. The van der Waals surface area contributed by atoms with E-state index in [9.17, 15) is 15.1 Å². The average molecular weight is 265 g/mol. The van der Waals surface area contributed by atoms with Gasteiger partial charge in [-0.25, -0.2) is 4.98 Å². The summed E-state index contributed by atoms with van der Waals surface area (Å²) in [6.45, 7) is 3.30. The summed E-state index contributed by atoms with van der Waals surface area (Å²) in [6.07, 6.45) is 2.86. The fraction of sp³-hybridized carbons (Fsp3) is 0.545. The van der Waals surface area contributed by atoms with E-state index >= 15 is 0 Å². The van der Waals surface area contributed by atoms with Crippen LogP contribution in [0.5, 0.6) is 5.88 Å². The molecule has 1 saturated heterocycles. The van der Waals surface area contributed by atoms with Crippen molar-refractivity contribution in [3.63, 3.8) is 0 Å². The Balaban J connectivity index is 1.87. The maximum Gasteiger partial charge on any atom is 0.376 e. The second-order valence-corrected chi connectivity index (χ2v) is 4.60. The first-order valence-electron chi connectivity index (χ1n) is 6.25. The molecule has 0 unspecified atom stereocenters. The molecule has 0 saturated carbocycles. The van der Waals surface area contributed by atoms with Crippen molar-refractivity contribution in [1.29, 1.82) is 0 Å². The lowest BCUT2D eigenvalue weighted by molar-refractivity contribution is -0.385. The zero-order valence-electron chi connectivity index (χ0n) is 10.7. The molecular formula is C11H16BN3O4. The van der Waals surface area contributed by atoms with Crippen LogP contribution in [-0.4, -0.2) is 46.0 Å². The number of ether oxygens (including phenoxy) is 1. The summed E-state index contributed by atoms with van der Waals surface area (Å²) in [7, 11) is -0.432. The second kappa shape index (κ2) is 5.98. The van der Waals surface area contributed by atoms with E-state index in [1.807, 2.05) is 4.81 Å². The van der Waals surface area contributed by atoms with Gasteiger partial charge in [-0.1, -0.05) is 0 Å². The predicted molar refractivity (Wildman–Crippen MR) is 70.0 cm³/mol. The summed E-state index contributed by atoms with van der Waals surface area (Å²) in [5, 5.41) is 19.9. The predicted octanol–water partition coefficient (Wildman–Crippen LogP) is 0.943. The molecule has 1 aliphatic rings. The summed E-state index contributed by atoms with van der Waals surface area (Å²) in [5.74, 6) is 0.404. The number of rotatable bonds is 4. The monoisotopic (exact) mass is 265 g/mol. The van der Waals surface area contributed by atoms with Crippen molar-refractivity contribution in [1.82, 2.24) is 9.79 Å². The van der Waals surface area contributed by atoms with Crippen LogP contribution in [0, 0.1) is 10.1 Å². The first-order chi connectivity index (χ1) is 9.06. The van der Waals surface area contributed by atoms with Crippen molar-refractivity contribution in [2.45, 2.75) is 25.8 Å². The van der Waals surface area contributed by atoms with Gasteiger partial charge in [-0.2, -0.15) is 0 Å². The van der Waals surface area contributed by atoms with Crippen LogP contribution < -0.4 is 4.74 Å². The van der Waals surface area contributed by atoms with Crippen molar-refractivity contribution in [2.24, 2.45) is 0 Å². The molecule has 0 amide bonds. The highest BCUT2D eigenvalue weighted by Gasteiger charge is 2.25. The minimum Gasteiger partial charge on any atom is -0.474 e. The number of nitrogens with zero attached hydrogens (tertiary/aromatic N) is 3. The molecule has 0 spiro atoms. The molecule has 1 aromatic heterocycles. The van der Waals surface area contributed by atoms with Gasteiger partial charge in [0, 0.05) is 12.1 Å². The van der Waals surface area contributed by atoms with E-state index in [1.54, 1.807) is 6.82 Å². The highest BCUT2D eigenvalue weighted by Crippen LogP contribution is 2.19. The topological polar surface area (TPSA) is 88.7 Å². The van der Waals surface area contributed by atoms with Gasteiger partial charge in [-0.3, -0.25) is 10.1 Å². The number of pyridine rings is 1. The van der Waals surface area contributed by atoms with Crippen LogP contribution >= 0.6 is 0 Å². The van der Waals surface area contributed by atoms with Gasteiger partial charge >= 0.3 is 7.05 Å². The fourth-order valence-corrected chi connectivity index (χ4v) is 2.09. The third kappa shape index (κ3) is 3.65. The van der Waals surface area contributed by atoms with E-state index in [0.29, 0.717) is 5.88 Å². The molecule has 0 aliphatic carbocycles. The van der Waals surface area contributed by atoms with Crippen molar-refractivity contribution < 1.29 is 14.7 Å². The Morgan fingerprint density at radius 1 is 1.53 bits per heavy atom. The molecular weight excluding hydrogens is 249 g/mol. The summed E-state index contributed by atoms with van der Waals surface area (Å²) < 4.78 is 5.68. The third-order valence-corrected chi connectivity index (χ3v) is 3.22. The highest BCUT2D eigenvalue weighted by molar-refractivity contribution is 6.45. The number of nitro groups is 1. The lowest BCUT2D eigenvalue weighted by atomic mass is 9.82. The molecule has 102 valence electrons. The van der Waals surface area contributed by atoms with Crippen LogP contribution in [-0.2, 0) is 0 Å². The molecule has 0 bridgehead atoms. The van der Waals surface area contributed by atoms with Crippen molar-refractivity contribution >= 4 is 12.7 Å². The Kier molecular flexibility index (Phi) is 4.33. The molecule has 1 N–H and O–H groups in total. The Hall–Kier alpha value is -1.67. The van der Waals surface area contributed by atoms with Gasteiger partial charge in [0.25, 0.3) is 5.69 Å². The smallest absolute Gasteiger partial charge is 0.376 e. The molecule has 7 nitrogen and oxygen atoms in total. The highest BCUT2D eigenvalue weighted by atomic mass is 16.6. The molecule has 0 radical (unpaired) electrons. The standard InChI is InChI=1S/C11H16BN3O4/c1-12(16)14-6-4-10(5-7-14)19-11-3-2-9(8-13-11)15(17)18/h2-3,8,10,16H,4-7H2,1H3. The molecule has 19 heavy (non-hydrogen) atoms. The zero-order valence-corrected chi connectivity index (χ0v) is 10.7. The molecule has 1 aliphatic heterocycles. The van der Waals surface area contributed by atoms with Crippen molar-refractivity contribution in [2.75, 3.05) is 13.1 Å². The molecule has 8 heteroatoms. The number of piperidine rings is 1. The quantitative estimate of drug-likeness (QED) is 0.495. The Bertz CT molecular complexity index is 432. The van der Waals surface area contributed by atoms with Crippen LogP contribution in [0.25, 0.3) is 0 Å². The molecule has 1 aromatic rings. The minimum atomic E-state index is -0.488. The maximum absolute atomic E-state index is 10.5. The Morgan fingerprint density at radius 3 is 2.68 bits per heavy atom. The largest absolute Gasteiger partial charge is 0.474 e. The number of aromatic nitrogens is 1. The van der Waals surface area contributed by atoms with E-state index in [2.05, 4.69) is 4.98 Å². The van der Waals surface area contributed by atoms with Gasteiger partial charge in [0.15, 0.2) is 0 Å². The van der Waals surface area contributed by atoms with Crippen LogP contribution in [0.4, 0.5) is 5.69 Å². The summed E-state index contributed by atoms with van der Waals surface area (Å²) in [5.41, 5.74) is -0.0451. The van der Waals surface area contributed by atoms with Gasteiger partial charge in [0.05, 0.1) is 4.92 Å². The van der Waals surface area contributed by atoms with Crippen LogP contribution in [0.15, 0.2) is 18.3 Å². The number of hydrogen-bond acceptors (Lipinski definition) is 6. The van der Waals surface area contributed by atoms with Gasteiger partial charge in [0.2, 0.25) is 5.88 Å². The van der Waals surface area contributed by atoms with E-state index in [4.69, 9.17) is 4.74 Å². The number of hydrogen-bond donors (Lipinski definition) is 1. The lowest BCUT2D eigenvalue weighted by Gasteiger charge is -2.32. The van der Waals surface area contributed by atoms with Crippen molar-refractivity contribution in [3.8, 4) is 5.88 Å². The minimum absolute atomic E-state index is 0.0451. The zero-order chi connectivity index (χ0) is 13.8. The third-order valence-electron chi connectivity index (χ3n) is 3.22. The van der Waals surface area contributed by atoms with Crippen LogP contribution in [0.1, 0.15) is 12.8 Å². The van der Waals surface area contributed by atoms with Gasteiger partial charge < -0.3 is 14.6 Å². The molecule has 0 atom stereocenters. The molecule has 2 rings (SSSR count). The Labute approximate surface area is 111 Å². The second-order valence-electron chi connectivity index (χ2n) is 4.60. The van der Waals surface area contributed by atoms with Gasteiger partial charge in [0.1, 0.15) is 12.3 Å². The summed E-state index contributed by atoms with van der Waals surface area (Å²) in [6, 6.07) is 2.90. The van der Waals surface area contributed by atoms with E-state index in [-0.39, 0.29) is 11.8 Å². The van der Waals surface area contributed by atoms with Gasteiger partial charge in [-0.15, -0.1) is 0 Å². The molecule has 0 aromatic carbocycles. The van der Waals surface area contributed by atoms with Crippen LogP contribution in [0.3, 0.4) is 0 Å². The van der Waals surface area contributed by atoms with E-state index < -0.39 is 12.0 Å². The average Bonchev–Trinajstić information content (AvgIpc) is 2.40. The Morgan fingerprint density at radius 2 is 2.21 bits per heavy atom. The fourth-order valence-electron chi connectivity index (χ4n) is 2.09. The van der Waals surface area contributed by atoms with E-state index in [0.717, 1.165) is 25.9 Å².